The number of nitrogens with zero attached hydrogens (tertiary/aromatic N) is 2. The first-order chi connectivity index (χ1) is 23.1. The molecule has 49 heavy (non-hydrogen) atoms. The molecule has 3 aromatic rings. The van der Waals surface area contributed by atoms with Crippen LogP contribution in [0, 0.1) is 17.6 Å². The molecule has 0 unspecified atom stereocenters. The van der Waals surface area contributed by atoms with Crippen LogP contribution in [-0.4, -0.2) is 88.7 Å². The van der Waals surface area contributed by atoms with Crippen molar-refractivity contribution in [3.05, 3.63) is 83.9 Å². The monoisotopic (exact) mass is 723 g/mol. The lowest BCUT2D eigenvalue weighted by atomic mass is 10.0. The van der Waals surface area contributed by atoms with Crippen LogP contribution < -0.4 is 9.46 Å². The van der Waals surface area contributed by atoms with Crippen LogP contribution in [0.3, 0.4) is 0 Å². The number of amides is 1. The standard InChI is InChI=1S/C34H43F2N3O8S2/c1-23-20-39(24(2)22-40)34(41)31-19-28(37-48(42,43)29-13-8-26(35)9-14-29)12-17-32(31)47-25(3)7-5-6-18-46-33(23)21-38(4)49(44,45)30-15-10-27(36)11-16-30/h8-17,19,23-25,33,37,40H,5-7,18,20-22H2,1-4H3/t23-,24-,25-,33-/m1/s1. The van der Waals surface area contributed by atoms with E-state index in [4.69, 9.17) is 9.47 Å². The molecule has 1 aliphatic rings. The predicted molar refractivity (Wildman–Crippen MR) is 180 cm³/mol. The largest absolute Gasteiger partial charge is 0.490 e. The van der Waals surface area contributed by atoms with Gasteiger partial charge >= 0.3 is 0 Å². The van der Waals surface area contributed by atoms with Crippen molar-refractivity contribution in [3.8, 4) is 5.75 Å². The molecule has 0 saturated heterocycles. The number of likely N-dealkylation sites (N-methyl/N-ethyl adjacent to an activating group) is 1. The van der Waals surface area contributed by atoms with Crippen LogP contribution >= 0.6 is 0 Å². The summed E-state index contributed by atoms with van der Waals surface area (Å²) in [5.41, 5.74) is 0.108. The van der Waals surface area contributed by atoms with Crippen molar-refractivity contribution < 1.29 is 45.0 Å². The molecule has 15 heteroatoms. The quantitative estimate of drug-likeness (QED) is 0.318. The van der Waals surface area contributed by atoms with Crippen molar-refractivity contribution >= 4 is 31.6 Å². The Balaban J connectivity index is 1.67. The summed E-state index contributed by atoms with van der Waals surface area (Å²) >= 11 is 0. The van der Waals surface area contributed by atoms with Crippen LogP contribution in [0.15, 0.2) is 76.5 Å². The van der Waals surface area contributed by atoms with Crippen LogP contribution in [0.5, 0.6) is 5.75 Å². The molecular formula is C34H43F2N3O8S2. The maximum Gasteiger partial charge on any atom is 0.261 e. The predicted octanol–water partition coefficient (Wildman–Crippen LogP) is 4.88. The van der Waals surface area contributed by atoms with Crippen molar-refractivity contribution in [1.82, 2.24) is 9.21 Å². The number of ether oxygens (including phenoxy) is 2. The molecule has 268 valence electrons. The number of hydrogen-bond donors (Lipinski definition) is 2. The number of halogens is 2. The van der Waals surface area contributed by atoms with E-state index in [9.17, 15) is 35.5 Å². The number of aliphatic hydroxyl groups is 1. The molecule has 4 rings (SSSR count). The van der Waals surface area contributed by atoms with Gasteiger partial charge in [-0.25, -0.2) is 25.6 Å². The Morgan fingerprint density at radius 3 is 2.18 bits per heavy atom. The van der Waals surface area contributed by atoms with Gasteiger partial charge in [0.05, 0.1) is 40.2 Å². The van der Waals surface area contributed by atoms with Gasteiger partial charge in [-0.3, -0.25) is 9.52 Å². The molecule has 3 aromatic carbocycles. The number of hydrogen-bond acceptors (Lipinski definition) is 8. The summed E-state index contributed by atoms with van der Waals surface area (Å²) in [6.07, 6.45) is 0.954. The Morgan fingerprint density at radius 1 is 0.959 bits per heavy atom. The van der Waals surface area contributed by atoms with Gasteiger partial charge in [0, 0.05) is 38.3 Å². The van der Waals surface area contributed by atoms with Gasteiger partial charge in [0.25, 0.3) is 15.9 Å². The number of nitrogens with one attached hydrogen (secondary N) is 1. The fraction of sp³-hybridized carbons (Fsp3) is 0.441. The number of fused-ring (bicyclic) bond motifs is 1. The summed E-state index contributed by atoms with van der Waals surface area (Å²) in [7, 11) is -6.73. The van der Waals surface area contributed by atoms with Crippen LogP contribution in [0.4, 0.5) is 14.5 Å². The summed E-state index contributed by atoms with van der Waals surface area (Å²) in [6, 6.07) is 12.5. The van der Waals surface area contributed by atoms with Gasteiger partial charge in [-0.1, -0.05) is 6.92 Å². The van der Waals surface area contributed by atoms with E-state index in [0.29, 0.717) is 25.9 Å². The maximum atomic E-state index is 14.3. The lowest BCUT2D eigenvalue weighted by Gasteiger charge is -2.35. The van der Waals surface area contributed by atoms with E-state index in [-0.39, 0.29) is 46.0 Å². The maximum absolute atomic E-state index is 14.3. The van der Waals surface area contributed by atoms with E-state index in [1.54, 1.807) is 6.92 Å². The van der Waals surface area contributed by atoms with Crippen molar-refractivity contribution in [2.75, 3.05) is 38.1 Å². The first kappa shape index (κ1) is 38.2. The summed E-state index contributed by atoms with van der Waals surface area (Å²) in [6.45, 7) is 5.21. The van der Waals surface area contributed by atoms with Gasteiger partial charge in [-0.2, -0.15) is 4.31 Å². The minimum absolute atomic E-state index is 0.0379. The average Bonchev–Trinajstić information content (AvgIpc) is 3.06. The molecular weight excluding hydrogens is 681 g/mol. The molecule has 1 amide bonds. The number of carbonyl (C=O) groups excluding carboxylic acids is 1. The second-order valence-electron chi connectivity index (χ2n) is 12.3. The topological polar surface area (TPSA) is 143 Å². The van der Waals surface area contributed by atoms with Crippen LogP contribution in [0.2, 0.25) is 0 Å². The van der Waals surface area contributed by atoms with E-state index in [2.05, 4.69) is 4.72 Å². The molecule has 0 aromatic heterocycles. The lowest BCUT2D eigenvalue weighted by molar-refractivity contribution is -0.00834. The Hall–Kier alpha value is -3.63. The average molecular weight is 724 g/mol. The molecule has 2 N–H and O–H groups in total. The van der Waals surface area contributed by atoms with Gasteiger partial charge in [0.15, 0.2) is 0 Å². The Kier molecular flexibility index (Phi) is 12.8. The molecule has 0 aliphatic carbocycles. The van der Waals surface area contributed by atoms with E-state index in [1.807, 2.05) is 13.8 Å². The molecule has 1 heterocycles. The first-order valence-corrected chi connectivity index (χ1v) is 18.9. The highest BCUT2D eigenvalue weighted by Gasteiger charge is 2.32. The van der Waals surface area contributed by atoms with Gasteiger partial charge in [0.2, 0.25) is 10.0 Å². The zero-order chi connectivity index (χ0) is 35.9. The van der Waals surface area contributed by atoms with E-state index in [0.717, 1.165) is 40.7 Å². The van der Waals surface area contributed by atoms with E-state index >= 15 is 0 Å². The van der Waals surface area contributed by atoms with Crippen LogP contribution in [-0.2, 0) is 24.8 Å². The number of carbonyl (C=O) groups is 1. The van der Waals surface area contributed by atoms with E-state index < -0.39 is 62.3 Å². The third-order valence-corrected chi connectivity index (χ3v) is 11.6. The second-order valence-corrected chi connectivity index (χ2v) is 16.0. The Morgan fingerprint density at radius 2 is 1.57 bits per heavy atom. The molecule has 0 saturated carbocycles. The number of aliphatic hydroxyl groups excluding tert-OH is 1. The zero-order valence-corrected chi connectivity index (χ0v) is 29.5. The van der Waals surface area contributed by atoms with Crippen molar-refractivity contribution in [2.24, 2.45) is 5.92 Å². The van der Waals surface area contributed by atoms with Gasteiger partial charge in [-0.05, 0) is 99.8 Å². The minimum Gasteiger partial charge on any atom is -0.490 e. The summed E-state index contributed by atoms with van der Waals surface area (Å²) in [4.78, 5) is 15.5. The molecule has 0 bridgehead atoms. The summed E-state index contributed by atoms with van der Waals surface area (Å²) in [5, 5.41) is 10.2. The van der Waals surface area contributed by atoms with Crippen molar-refractivity contribution in [2.45, 2.75) is 68.1 Å². The SMILES string of the molecule is C[C@@H]1CCCCO[C@H](CN(C)S(=O)(=O)c2ccc(F)cc2)[C@H](C)CN([C@H](C)CO)C(=O)c2cc(NS(=O)(=O)c3ccc(F)cc3)ccc2O1. The minimum atomic E-state index is -4.14. The molecule has 1 aliphatic heterocycles. The molecule has 11 nitrogen and oxygen atoms in total. The Bertz CT molecular complexity index is 1790. The number of benzene rings is 3. The fourth-order valence-electron chi connectivity index (χ4n) is 5.41. The van der Waals surface area contributed by atoms with Crippen molar-refractivity contribution in [3.63, 3.8) is 0 Å². The second kappa shape index (κ2) is 16.4. The van der Waals surface area contributed by atoms with Gasteiger partial charge < -0.3 is 19.5 Å². The highest BCUT2D eigenvalue weighted by atomic mass is 32.2. The molecule has 0 radical (unpaired) electrons. The fourth-order valence-corrected chi connectivity index (χ4v) is 7.65. The number of rotatable bonds is 9. The molecule has 0 spiro atoms. The first-order valence-electron chi connectivity index (χ1n) is 16.0. The van der Waals surface area contributed by atoms with Crippen LogP contribution in [0.1, 0.15) is 50.4 Å². The van der Waals surface area contributed by atoms with Gasteiger partial charge in [-0.15, -0.1) is 0 Å². The van der Waals surface area contributed by atoms with Crippen LogP contribution in [0.25, 0.3) is 0 Å². The highest BCUT2D eigenvalue weighted by molar-refractivity contribution is 7.92. The number of anilines is 1. The van der Waals surface area contributed by atoms with Gasteiger partial charge in [0.1, 0.15) is 17.4 Å². The smallest absolute Gasteiger partial charge is 0.261 e. The molecule has 0 fully saturated rings. The Labute approximate surface area is 286 Å². The highest BCUT2D eigenvalue weighted by Crippen LogP contribution is 2.30. The number of sulfonamides is 2. The van der Waals surface area contributed by atoms with Crippen molar-refractivity contribution in [1.29, 1.82) is 0 Å². The van der Waals surface area contributed by atoms with E-state index in [1.165, 1.54) is 42.3 Å². The lowest BCUT2D eigenvalue weighted by Crippen LogP contribution is -2.48. The molecule has 4 atom stereocenters. The summed E-state index contributed by atoms with van der Waals surface area (Å²) < 4.78 is 95.8. The third-order valence-electron chi connectivity index (χ3n) is 8.39. The third kappa shape index (κ3) is 9.75. The summed E-state index contributed by atoms with van der Waals surface area (Å²) in [5.74, 6) is -1.94. The zero-order valence-electron chi connectivity index (χ0n) is 27.9. The normalized spacial score (nSPS) is 20.6.